The van der Waals surface area contributed by atoms with E-state index in [4.69, 9.17) is 0 Å². The Morgan fingerprint density at radius 3 is 0.808 bits per heavy atom. The first-order valence-electron chi connectivity index (χ1n) is 42.0. The van der Waals surface area contributed by atoms with Crippen LogP contribution in [0, 0.1) is 0 Å². The zero-order chi connectivity index (χ0) is 79.7. The third-order valence-electron chi connectivity index (χ3n) is 26.9. The molecule has 120 heavy (non-hydrogen) atoms. The minimum Gasteiger partial charge on any atom is -0.310 e. The fraction of sp³-hybridized carbons (Fsp3) is 0.0508. The van der Waals surface area contributed by atoms with E-state index in [1.165, 1.54) is 165 Å². The zero-order valence-corrected chi connectivity index (χ0v) is 66.8. The van der Waals surface area contributed by atoms with Gasteiger partial charge < -0.3 is 9.80 Å². The molecule has 0 saturated carbocycles. The van der Waals surface area contributed by atoms with Gasteiger partial charge in [-0.15, -0.1) is 0 Å². The van der Waals surface area contributed by atoms with E-state index in [0.29, 0.717) is 0 Å². The van der Waals surface area contributed by atoms with E-state index in [2.05, 4.69) is 485 Å². The maximum Gasteiger partial charge on any atom is 0.0720 e. The molecular weight excluding hydrogens is 1450 g/mol. The predicted octanol–water partition coefficient (Wildman–Crippen LogP) is 30.3. The van der Waals surface area contributed by atoms with Gasteiger partial charge in [0.2, 0.25) is 0 Å². The fourth-order valence-corrected chi connectivity index (χ4v) is 21.9. The molecule has 0 atom stereocenters. The highest BCUT2D eigenvalue weighted by molar-refractivity contribution is 6.04. The van der Waals surface area contributed by atoms with Crippen LogP contribution in [-0.4, -0.2) is 0 Å². The summed E-state index contributed by atoms with van der Waals surface area (Å²) in [4.78, 5) is 4.91. The van der Waals surface area contributed by atoms with Gasteiger partial charge in [0.1, 0.15) is 0 Å². The second-order valence-corrected chi connectivity index (χ2v) is 33.2. The van der Waals surface area contributed by atoms with Gasteiger partial charge in [-0.2, -0.15) is 0 Å². The van der Waals surface area contributed by atoms with Gasteiger partial charge in [-0.25, -0.2) is 0 Å². The van der Waals surface area contributed by atoms with E-state index in [0.717, 1.165) is 34.1 Å². The molecule has 0 aliphatic heterocycles. The molecule has 0 fully saturated rings. The van der Waals surface area contributed by atoms with Crippen LogP contribution in [-0.2, 0) is 21.7 Å². The molecule has 564 valence electrons. The molecular formula is C118H82N2. The van der Waals surface area contributed by atoms with Crippen molar-refractivity contribution in [2.45, 2.75) is 35.5 Å². The van der Waals surface area contributed by atoms with Crippen molar-refractivity contribution in [2.75, 3.05) is 9.80 Å². The van der Waals surface area contributed by atoms with E-state index < -0.39 is 16.2 Å². The van der Waals surface area contributed by atoms with Crippen molar-refractivity contribution in [3.63, 3.8) is 0 Å². The Morgan fingerprint density at radius 2 is 0.425 bits per heavy atom. The van der Waals surface area contributed by atoms with Crippen molar-refractivity contribution in [1.29, 1.82) is 0 Å². The van der Waals surface area contributed by atoms with Crippen LogP contribution in [0.4, 0.5) is 34.1 Å². The van der Waals surface area contributed by atoms with Crippen molar-refractivity contribution >= 4 is 77.2 Å². The summed E-state index contributed by atoms with van der Waals surface area (Å²) in [6.07, 6.45) is 0. The minimum atomic E-state index is -0.560. The lowest BCUT2D eigenvalue weighted by Crippen LogP contribution is -2.44. The van der Waals surface area contributed by atoms with Crippen molar-refractivity contribution < 1.29 is 0 Å². The van der Waals surface area contributed by atoms with Crippen LogP contribution in [0.1, 0.15) is 91.7 Å². The average Bonchev–Trinajstić information content (AvgIpc) is 1.25. The molecule has 0 amide bonds. The summed E-state index contributed by atoms with van der Waals surface area (Å²) >= 11 is 0. The number of fused-ring (bicyclic) bond motifs is 22. The summed E-state index contributed by atoms with van der Waals surface area (Å²) in [5.74, 6) is 0. The van der Waals surface area contributed by atoms with E-state index in [9.17, 15) is 0 Å². The number of rotatable bonds is 10. The Kier molecular flexibility index (Phi) is 16.4. The highest BCUT2D eigenvalue weighted by atomic mass is 15.1. The van der Waals surface area contributed by atoms with E-state index in [-0.39, 0.29) is 5.41 Å². The molecule has 0 saturated heterocycles. The van der Waals surface area contributed by atoms with Crippen molar-refractivity contribution in [1.82, 2.24) is 0 Å². The van der Waals surface area contributed by atoms with Crippen LogP contribution in [0.2, 0.25) is 0 Å². The number of hydrogen-bond donors (Lipinski definition) is 0. The van der Waals surface area contributed by atoms with E-state index >= 15 is 0 Å². The van der Waals surface area contributed by atoms with Crippen LogP contribution < -0.4 is 9.80 Å². The smallest absolute Gasteiger partial charge is 0.0720 e. The quantitative estimate of drug-likeness (QED) is 0.135. The largest absolute Gasteiger partial charge is 0.310 e. The van der Waals surface area contributed by atoms with Gasteiger partial charge in [-0.1, -0.05) is 414 Å². The third-order valence-corrected chi connectivity index (χ3v) is 26.9. The van der Waals surface area contributed by atoms with Gasteiger partial charge in [-0.3, -0.25) is 0 Å². The molecule has 2 heteroatoms. The summed E-state index contributed by atoms with van der Waals surface area (Å²) in [5, 5.41) is 9.89. The summed E-state index contributed by atoms with van der Waals surface area (Å²) < 4.78 is 0. The van der Waals surface area contributed by atoms with Crippen LogP contribution in [0.25, 0.3) is 87.6 Å². The summed E-state index contributed by atoms with van der Waals surface area (Å²) in [6.45, 7) is 4.77. The second kappa shape index (κ2) is 27.9. The SMILES string of the molecule is CC1(C)c2ccccc2C2(c3ccccc3-c3cc(N(c4ccc(-c5cccc6ccccc56)cc4)c4cccc5ccccc45)ccc32)c2ccccc21.c1ccc(C2(c3ccccc3)c3ccccc3C3(c4ccccc4-c4cc(N(c5ccc(-c6cccc7ccccc67)cc5)c5cccc6ccccc56)ccc43)c3ccccc32)cc1. The lowest BCUT2D eigenvalue weighted by molar-refractivity contribution is 0.563. The molecule has 0 heterocycles. The standard InChI is InChI=1S/C64H43N.C54H39N/c1-3-23-47(24-4-1)63(48-25-5-2-6-26-48)58-32-13-15-34-60(58)64(61-35-16-14-33-59(61)63)56-31-12-11-29-54(56)55-43-50(41-42-57(55)64)65(62-36-18-22-45-20-8-10-28-53(45)62)49-39-37-46(38-40-49)52-30-17-21-44-19-7-9-27-51(44)52;1-53(2)48-24-9-11-26-50(48)54(51-27-12-10-25-49(51)53)46-23-8-7-21-44(46)45-35-40(33-34-47(45)54)55(52-28-14-18-37-16-4-6-20-43(37)52)39-31-29-38(30-32-39)42-22-13-17-36-15-3-5-19-41(36)42/h1-43H;3-35H,1-2H3. The lowest BCUT2D eigenvalue weighted by atomic mass is 9.51. The Labute approximate surface area is 701 Å². The lowest BCUT2D eigenvalue weighted by Gasteiger charge is -2.50. The molecule has 0 bridgehead atoms. The minimum absolute atomic E-state index is 0.126. The number of hydrogen-bond acceptors (Lipinski definition) is 2. The van der Waals surface area contributed by atoms with Gasteiger partial charge in [0.25, 0.3) is 0 Å². The van der Waals surface area contributed by atoms with Crippen molar-refractivity contribution in [2.24, 2.45) is 0 Å². The first kappa shape index (κ1) is 70.4. The summed E-state index contributed by atoms with van der Waals surface area (Å²) in [7, 11) is 0. The molecule has 4 aliphatic rings. The van der Waals surface area contributed by atoms with Crippen molar-refractivity contribution in [3.8, 4) is 44.5 Å². The monoisotopic (exact) mass is 1530 g/mol. The molecule has 0 radical (unpaired) electrons. The topological polar surface area (TPSA) is 6.48 Å². The first-order valence-corrected chi connectivity index (χ1v) is 42.0. The summed E-state index contributed by atoms with van der Waals surface area (Å²) in [5.41, 5.74) is 33.8. The van der Waals surface area contributed by atoms with Crippen LogP contribution in [0.3, 0.4) is 0 Å². The molecule has 20 aromatic carbocycles. The zero-order valence-electron chi connectivity index (χ0n) is 66.8. The molecule has 20 aromatic rings. The van der Waals surface area contributed by atoms with Crippen LogP contribution >= 0.6 is 0 Å². The molecule has 0 N–H and O–H groups in total. The van der Waals surface area contributed by atoms with E-state index in [1.54, 1.807) is 0 Å². The van der Waals surface area contributed by atoms with Gasteiger partial charge in [-0.05, 0) is 215 Å². The Balaban J connectivity index is 0.000000142. The van der Waals surface area contributed by atoms with Gasteiger partial charge in [0, 0.05) is 38.9 Å². The van der Waals surface area contributed by atoms with Crippen LogP contribution in [0.15, 0.2) is 461 Å². The van der Waals surface area contributed by atoms with Gasteiger partial charge >= 0.3 is 0 Å². The van der Waals surface area contributed by atoms with Gasteiger partial charge in [0.05, 0.1) is 27.6 Å². The maximum atomic E-state index is 2.46. The fourth-order valence-electron chi connectivity index (χ4n) is 21.9. The molecule has 2 spiro atoms. The number of benzene rings is 20. The normalized spacial score (nSPS) is 14.0. The predicted molar refractivity (Wildman–Crippen MR) is 502 cm³/mol. The molecule has 0 aromatic heterocycles. The first-order chi connectivity index (χ1) is 59.3. The summed E-state index contributed by atoms with van der Waals surface area (Å²) in [6, 6.07) is 172. The average molecular weight is 1530 g/mol. The maximum absolute atomic E-state index is 2.46. The van der Waals surface area contributed by atoms with Crippen molar-refractivity contribution in [3.05, 3.63) is 539 Å². The highest BCUT2D eigenvalue weighted by Crippen LogP contribution is 2.67. The second-order valence-electron chi connectivity index (χ2n) is 33.2. The Bertz CT molecular complexity index is 7300. The van der Waals surface area contributed by atoms with E-state index in [1.807, 2.05) is 0 Å². The molecule has 2 nitrogen and oxygen atoms in total. The highest BCUT2D eigenvalue weighted by Gasteiger charge is 2.58. The molecule has 24 rings (SSSR count). The molecule has 0 unspecified atom stereocenters. The number of anilines is 6. The number of nitrogens with zero attached hydrogens (tertiary/aromatic N) is 2. The van der Waals surface area contributed by atoms with Gasteiger partial charge in [0.15, 0.2) is 0 Å². The Morgan fingerprint density at radius 1 is 0.167 bits per heavy atom. The molecule has 4 aliphatic carbocycles. The van der Waals surface area contributed by atoms with Crippen LogP contribution in [0.5, 0.6) is 0 Å². The third kappa shape index (κ3) is 10.4. The Hall–Kier alpha value is -15.0.